The van der Waals surface area contributed by atoms with Crippen molar-refractivity contribution in [2.45, 2.75) is 6.92 Å². The SMILES string of the molecule is CCN=c1cc2n(-c3ccccc3)c3ccccc3nc-2cc1Nc1ccccc1. The summed E-state index contributed by atoms with van der Waals surface area (Å²) in [6.45, 7) is 2.77. The Morgan fingerprint density at radius 1 is 0.833 bits per heavy atom. The van der Waals surface area contributed by atoms with Crippen molar-refractivity contribution in [3.8, 4) is 17.1 Å². The minimum Gasteiger partial charge on any atom is -0.354 e. The molecule has 0 spiro atoms. The summed E-state index contributed by atoms with van der Waals surface area (Å²) >= 11 is 0. The normalized spacial score (nSPS) is 11.8. The molecule has 5 rings (SSSR count). The van der Waals surface area contributed by atoms with Gasteiger partial charge >= 0.3 is 0 Å². The first kappa shape index (κ1) is 18.1. The predicted octanol–water partition coefficient (Wildman–Crippen LogP) is 5.79. The maximum Gasteiger partial charge on any atom is 0.0900 e. The second kappa shape index (κ2) is 7.84. The summed E-state index contributed by atoms with van der Waals surface area (Å²) in [7, 11) is 0. The Morgan fingerprint density at radius 3 is 2.30 bits per heavy atom. The number of nitrogens with zero attached hydrogens (tertiary/aromatic N) is 3. The van der Waals surface area contributed by atoms with Crippen molar-refractivity contribution in [2.24, 2.45) is 4.99 Å². The van der Waals surface area contributed by atoms with Gasteiger partial charge in [-0.15, -0.1) is 0 Å². The van der Waals surface area contributed by atoms with Gasteiger partial charge in [-0.25, -0.2) is 4.98 Å². The van der Waals surface area contributed by atoms with Gasteiger partial charge in [-0.2, -0.15) is 0 Å². The fourth-order valence-electron chi connectivity index (χ4n) is 3.78. The molecule has 1 N–H and O–H groups in total. The van der Waals surface area contributed by atoms with E-state index < -0.39 is 0 Å². The van der Waals surface area contributed by atoms with E-state index in [0.29, 0.717) is 6.54 Å². The Hall–Kier alpha value is -3.92. The lowest BCUT2D eigenvalue weighted by molar-refractivity contribution is 1.04. The molecule has 0 bridgehead atoms. The number of para-hydroxylation sites is 4. The topological polar surface area (TPSA) is 42.2 Å². The summed E-state index contributed by atoms with van der Waals surface area (Å²) in [6, 6.07) is 33.1. The highest BCUT2D eigenvalue weighted by molar-refractivity contribution is 5.84. The standard InChI is InChI=1S/C26H22N4/c1-2-27-22-18-26-24(17-23(22)28-19-11-5-3-6-12-19)29-21-15-9-10-16-25(21)30(26)20-13-7-4-8-14-20/h3-18,28H,2H2,1H3. The zero-order valence-electron chi connectivity index (χ0n) is 16.8. The first-order valence-corrected chi connectivity index (χ1v) is 10.2. The van der Waals surface area contributed by atoms with E-state index in [1.165, 1.54) is 0 Å². The van der Waals surface area contributed by atoms with Crippen LogP contribution in [0.25, 0.3) is 28.1 Å². The molecule has 3 aromatic rings. The first-order valence-electron chi connectivity index (χ1n) is 10.2. The zero-order chi connectivity index (χ0) is 20.3. The van der Waals surface area contributed by atoms with Gasteiger partial charge < -0.3 is 9.88 Å². The van der Waals surface area contributed by atoms with Gasteiger partial charge in [0.15, 0.2) is 0 Å². The van der Waals surface area contributed by atoms with Crippen molar-refractivity contribution in [3.05, 3.63) is 102 Å². The minimum atomic E-state index is 0.710. The molecule has 1 heterocycles. The Labute approximate surface area is 175 Å². The number of hydrogen-bond donors (Lipinski definition) is 1. The van der Waals surface area contributed by atoms with E-state index in [2.05, 4.69) is 83.5 Å². The van der Waals surface area contributed by atoms with Crippen LogP contribution in [0.2, 0.25) is 0 Å². The Kier molecular flexibility index (Phi) is 4.74. The molecule has 0 unspecified atom stereocenters. The van der Waals surface area contributed by atoms with Gasteiger partial charge in [-0.1, -0.05) is 48.5 Å². The van der Waals surface area contributed by atoms with E-state index in [1.54, 1.807) is 0 Å². The molecular weight excluding hydrogens is 368 g/mol. The van der Waals surface area contributed by atoms with Crippen LogP contribution in [0.5, 0.6) is 0 Å². The van der Waals surface area contributed by atoms with Crippen molar-refractivity contribution in [3.63, 3.8) is 0 Å². The van der Waals surface area contributed by atoms with E-state index in [9.17, 15) is 0 Å². The van der Waals surface area contributed by atoms with Gasteiger partial charge in [0.2, 0.25) is 0 Å². The van der Waals surface area contributed by atoms with Gasteiger partial charge in [0.05, 0.1) is 33.5 Å². The highest BCUT2D eigenvalue weighted by atomic mass is 15.0. The van der Waals surface area contributed by atoms with E-state index >= 15 is 0 Å². The van der Waals surface area contributed by atoms with E-state index in [1.807, 2.05) is 30.3 Å². The van der Waals surface area contributed by atoms with Gasteiger partial charge in [0, 0.05) is 17.9 Å². The van der Waals surface area contributed by atoms with E-state index in [-0.39, 0.29) is 0 Å². The molecule has 1 aliphatic heterocycles. The molecule has 0 saturated heterocycles. The average molecular weight is 390 g/mol. The van der Waals surface area contributed by atoms with Crippen molar-refractivity contribution < 1.29 is 0 Å². The number of fused-ring (bicyclic) bond motifs is 2. The minimum absolute atomic E-state index is 0.710. The van der Waals surface area contributed by atoms with Gasteiger partial charge in [-0.05, 0) is 55.5 Å². The highest BCUT2D eigenvalue weighted by Gasteiger charge is 2.16. The van der Waals surface area contributed by atoms with Gasteiger partial charge in [0.25, 0.3) is 0 Å². The molecule has 4 nitrogen and oxygen atoms in total. The fourth-order valence-corrected chi connectivity index (χ4v) is 3.78. The quantitative estimate of drug-likeness (QED) is 0.394. The molecule has 0 aromatic heterocycles. The third kappa shape index (κ3) is 3.33. The molecule has 146 valence electrons. The van der Waals surface area contributed by atoms with Gasteiger partial charge in [-0.3, -0.25) is 4.99 Å². The number of benzene rings is 4. The average Bonchev–Trinajstić information content (AvgIpc) is 2.79. The smallest absolute Gasteiger partial charge is 0.0900 e. The van der Waals surface area contributed by atoms with Crippen LogP contribution in [0.1, 0.15) is 6.92 Å². The number of hydrogen-bond acceptors (Lipinski definition) is 3. The molecule has 3 aromatic carbocycles. The summed E-state index contributed by atoms with van der Waals surface area (Å²) in [6.07, 6.45) is 0. The Balaban J connectivity index is 1.82. The van der Waals surface area contributed by atoms with Crippen LogP contribution in [-0.4, -0.2) is 16.1 Å². The predicted molar refractivity (Wildman–Crippen MR) is 124 cm³/mol. The van der Waals surface area contributed by atoms with Gasteiger partial charge in [0.1, 0.15) is 0 Å². The lowest BCUT2D eigenvalue weighted by atomic mass is 10.1. The monoisotopic (exact) mass is 390 g/mol. The maximum absolute atomic E-state index is 4.96. The highest BCUT2D eigenvalue weighted by Crippen LogP contribution is 2.30. The lowest BCUT2D eigenvalue weighted by Crippen LogP contribution is -2.15. The van der Waals surface area contributed by atoms with Crippen LogP contribution in [0.3, 0.4) is 0 Å². The molecule has 0 fully saturated rings. The fraction of sp³-hybridized carbons (Fsp3) is 0.0769. The molecular formula is C26H22N4. The number of nitrogens with one attached hydrogen (secondary N) is 1. The number of aromatic nitrogens is 2. The molecule has 4 heteroatoms. The second-order valence-corrected chi connectivity index (χ2v) is 7.09. The zero-order valence-corrected chi connectivity index (χ0v) is 16.8. The molecule has 30 heavy (non-hydrogen) atoms. The molecule has 0 atom stereocenters. The van der Waals surface area contributed by atoms with Crippen molar-refractivity contribution in [1.29, 1.82) is 0 Å². The summed E-state index contributed by atoms with van der Waals surface area (Å²) < 4.78 is 2.26. The molecule has 0 radical (unpaired) electrons. The van der Waals surface area contributed by atoms with E-state index in [4.69, 9.17) is 9.98 Å². The third-order valence-corrected chi connectivity index (χ3v) is 5.09. The molecule has 2 aliphatic rings. The van der Waals surface area contributed by atoms with Crippen LogP contribution in [0.4, 0.5) is 11.4 Å². The van der Waals surface area contributed by atoms with Crippen molar-refractivity contribution in [2.75, 3.05) is 11.9 Å². The second-order valence-electron chi connectivity index (χ2n) is 7.09. The lowest BCUT2D eigenvalue weighted by Gasteiger charge is -2.20. The van der Waals surface area contributed by atoms with E-state index in [0.717, 1.165) is 44.8 Å². The van der Waals surface area contributed by atoms with Crippen molar-refractivity contribution >= 4 is 22.4 Å². The Bertz CT molecular complexity index is 1340. The van der Waals surface area contributed by atoms with Crippen LogP contribution >= 0.6 is 0 Å². The van der Waals surface area contributed by atoms with Crippen LogP contribution < -0.4 is 10.7 Å². The summed E-state index contributed by atoms with van der Waals surface area (Å²) in [5.74, 6) is 0. The van der Waals surface area contributed by atoms with Crippen LogP contribution in [-0.2, 0) is 0 Å². The molecule has 1 aliphatic carbocycles. The molecule has 0 amide bonds. The maximum atomic E-state index is 4.96. The summed E-state index contributed by atoms with van der Waals surface area (Å²) in [4.78, 5) is 9.73. The summed E-state index contributed by atoms with van der Waals surface area (Å²) in [5, 5.41) is 4.44. The number of rotatable bonds is 4. The first-order chi connectivity index (χ1) is 14.8. The largest absolute Gasteiger partial charge is 0.354 e. The Morgan fingerprint density at radius 2 is 1.53 bits per heavy atom. The molecule has 0 saturated carbocycles. The summed E-state index contributed by atoms with van der Waals surface area (Å²) in [5.41, 5.74) is 7.07. The third-order valence-electron chi connectivity index (χ3n) is 5.09. The van der Waals surface area contributed by atoms with Crippen molar-refractivity contribution in [1.82, 2.24) is 9.55 Å². The number of anilines is 2. The van der Waals surface area contributed by atoms with Crippen LogP contribution in [0, 0.1) is 0 Å². The van der Waals surface area contributed by atoms with Crippen LogP contribution in [0.15, 0.2) is 102 Å².